The predicted molar refractivity (Wildman–Crippen MR) is 106 cm³/mol. The maximum absolute atomic E-state index is 12.8. The highest BCUT2D eigenvalue weighted by Crippen LogP contribution is 2.29. The van der Waals surface area contributed by atoms with Crippen molar-refractivity contribution in [2.75, 3.05) is 0 Å². The van der Waals surface area contributed by atoms with E-state index in [1.807, 2.05) is 6.92 Å². The standard InChI is InChI=1S/C22H38O6/c1-8-9-17-13(4)20(25)14(5)18(23)11(2)10-12(3)19(24)15(6)21(26)16(7)22(27)28-17/h11-17,20-21,25-26H,8-10H2,1-7H3/t11-,12?,13+,14+,15-,16-,17-,20+,21+/m1/s1. The summed E-state index contributed by atoms with van der Waals surface area (Å²) in [6.07, 6.45) is -1.01. The monoisotopic (exact) mass is 398 g/mol. The zero-order chi connectivity index (χ0) is 21.8. The van der Waals surface area contributed by atoms with Crippen molar-refractivity contribution in [2.45, 2.75) is 86.0 Å². The van der Waals surface area contributed by atoms with Gasteiger partial charge in [0.2, 0.25) is 0 Å². The summed E-state index contributed by atoms with van der Waals surface area (Å²) in [5, 5.41) is 21.3. The summed E-state index contributed by atoms with van der Waals surface area (Å²) in [6, 6.07) is 0. The molecular weight excluding hydrogens is 360 g/mol. The molecule has 1 aliphatic rings. The molecule has 0 radical (unpaired) electrons. The fraction of sp³-hybridized carbons (Fsp3) is 0.864. The highest BCUT2D eigenvalue weighted by atomic mass is 16.5. The largest absolute Gasteiger partial charge is 0.462 e. The number of rotatable bonds is 2. The Kier molecular flexibility index (Phi) is 9.28. The van der Waals surface area contributed by atoms with Crippen molar-refractivity contribution in [2.24, 2.45) is 35.5 Å². The van der Waals surface area contributed by atoms with Crippen LogP contribution in [0.3, 0.4) is 0 Å². The highest BCUT2D eigenvalue weighted by molar-refractivity contribution is 5.87. The van der Waals surface area contributed by atoms with E-state index in [1.54, 1.807) is 41.5 Å². The number of ether oxygens (including phenoxy) is 1. The first kappa shape index (κ1) is 24.8. The number of aliphatic hydroxyl groups is 2. The van der Waals surface area contributed by atoms with E-state index in [1.165, 1.54) is 0 Å². The number of Topliss-reactive ketones (excluding diaryl/α,β-unsaturated/α-hetero) is 2. The minimum absolute atomic E-state index is 0.0980. The molecule has 0 aromatic carbocycles. The van der Waals surface area contributed by atoms with E-state index in [2.05, 4.69) is 0 Å². The van der Waals surface area contributed by atoms with E-state index in [4.69, 9.17) is 4.74 Å². The molecule has 28 heavy (non-hydrogen) atoms. The Morgan fingerprint density at radius 1 is 0.821 bits per heavy atom. The van der Waals surface area contributed by atoms with Crippen LogP contribution in [0.25, 0.3) is 0 Å². The fourth-order valence-corrected chi connectivity index (χ4v) is 4.21. The quantitative estimate of drug-likeness (QED) is 0.694. The van der Waals surface area contributed by atoms with Gasteiger partial charge in [-0.2, -0.15) is 0 Å². The number of hydrogen-bond donors (Lipinski definition) is 2. The molecular formula is C22H38O6. The Hall–Kier alpha value is -1.27. The van der Waals surface area contributed by atoms with Crippen molar-refractivity contribution in [3.05, 3.63) is 0 Å². The van der Waals surface area contributed by atoms with E-state index in [-0.39, 0.29) is 17.5 Å². The second-order valence-electron chi connectivity index (χ2n) is 8.81. The molecule has 1 fully saturated rings. The fourth-order valence-electron chi connectivity index (χ4n) is 4.21. The van der Waals surface area contributed by atoms with Crippen molar-refractivity contribution >= 4 is 17.5 Å². The molecule has 0 saturated carbocycles. The maximum Gasteiger partial charge on any atom is 0.311 e. The molecule has 0 spiro atoms. The molecule has 0 aromatic heterocycles. The number of aliphatic hydroxyl groups excluding tert-OH is 2. The molecule has 1 saturated heterocycles. The Morgan fingerprint density at radius 2 is 1.29 bits per heavy atom. The summed E-state index contributed by atoms with van der Waals surface area (Å²) in [5.41, 5.74) is 0. The minimum atomic E-state index is -1.15. The first-order valence-electron chi connectivity index (χ1n) is 10.6. The van der Waals surface area contributed by atoms with Crippen molar-refractivity contribution in [1.82, 2.24) is 0 Å². The number of hydrogen-bond acceptors (Lipinski definition) is 6. The molecule has 162 valence electrons. The number of cyclic esters (lactones) is 1. The Morgan fingerprint density at radius 3 is 1.75 bits per heavy atom. The van der Waals surface area contributed by atoms with Gasteiger partial charge in [-0.3, -0.25) is 14.4 Å². The van der Waals surface area contributed by atoms with Crippen LogP contribution in [0.1, 0.15) is 67.7 Å². The van der Waals surface area contributed by atoms with E-state index in [0.717, 1.165) is 6.42 Å². The van der Waals surface area contributed by atoms with Gasteiger partial charge in [-0.05, 0) is 19.8 Å². The van der Waals surface area contributed by atoms with Crippen molar-refractivity contribution in [3.63, 3.8) is 0 Å². The molecule has 9 atom stereocenters. The van der Waals surface area contributed by atoms with Gasteiger partial charge >= 0.3 is 5.97 Å². The highest BCUT2D eigenvalue weighted by Gasteiger charge is 2.39. The van der Waals surface area contributed by atoms with Gasteiger partial charge in [-0.15, -0.1) is 0 Å². The van der Waals surface area contributed by atoms with Crippen LogP contribution < -0.4 is 0 Å². The summed E-state index contributed by atoms with van der Waals surface area (Å²) in [7, 11) is 0. The van der Waals surface area contributed by atoms with E-state index >= 15 is 0 Å². The summed E-state index contributed by atoms with van der Waals surface area (Å²) < 4.78 is 5.64. The van der Waals surface area contributed by atoms with Crippen molar-refractivity contribution in [3.8, 4) is 0 Å². The van der Waals surface area contributed by atoms with Gasteiger partial charge in [-0.25, -0.2) is 0 Å². The van der Waals surface area contributed by atoms with Gasteiger partial charge in [0.1, 0.15) is 17.7 Å². The minimum Gasteiger partial charge on any atom is -0.462 e. The maximum atomic E-state index is 12.8. The molecule has 0 aromatic rings. The number of esters is 1. The van der Waals surface area contributed by atoms with Gasteiger partial charge in [0.25, 0.3) is 0 Å². The van der Waals surface area contributed by atoms with Crippen LogP contribution in [-0.2, 0) is 19.1 Å². The third-order valence-corrected chi connectivity index (χ3v) is 6.45. The zero-order valence-electron chi connectivity index (χ0n) is 18.3. The lowest BCUT2D eigenvalue weighted by Gasteiger charge is -2.34. The number of carbonyl (C=O) groups excluding carboxylic acids is 3. The lowest BCUT2D eigenvalue weighted by Crippen LogP contribution is -2.44. The van der Waals surface area contributed by atoms with Gasteiger partial charge in [-0.1, -0.05) is 48.0 Å². The zero-order valence-corrected chi connectivity index (χ0v) is 18.3. The van der Waals surface area contributed by atoms with E-state index < -0.39 is 53.9 Å². The second kappa shape index (κ2) is 10.5. The van der Waals surface area contributed by atoms with Crippen molar-refractivity contribution in [1.29, 1.82) is 0 Å². The van der Waals surface area contributed by atoms with Gasteiger partial charge in [0.05, 0.1) is 18.1 Å². The van der Waals surface area contributed by atoms with Gasteiger partial charge in [0.15, 0.2) is 0 Å². The molecule has 0 aliphatic carbocycles. The van der Waals surface area contributed by atoms with Crippen LogP contribution in [0, 0.1) is 35.5 Å². The molecule has 1 rings (SSSR count). The summed E-state index contributed by atoms with van der Waals surface area (Å²) in [6.45, 7) is 12.1. The molecule has 6 heteroatoms. The lowest BCUT2D eigenvalue weighted by molar-refractivity contribution is -0.165. The van der Waals surface area contributed by atoms with Crippen LogP contribution >= 0.6 is 0 Å². The third kappa shape index (κ3) is 5.63. The molecule has 1 heterocycles. The average Bonchev–Trinajstić information content (AvgIpc) is 2.67. The first-order chi connectivity index (χ1) is 12.9. The molecule has 1 aliphatic heterocycles. The molecule has 0 amide bonds. The second-order valence-corrected chi connectivity index (χ2v) is 8.81. The van der Waals surface area contributed by atoms with Crippen molar-refractivity contribution < 1.29 is 29.3 Å². The Balaban J connectivity index is 3.27. The normalized spacial score (nSPS) is 42.0. The Bertz CT molecular complexity index is 559. The summed E-state index contributed by atoms with van der Waals surface area (Å²) in [4.78, 5) is 38.2. The first-order valence-corrected chi connectivity index (χ1v) is 10.6. The Labute approximate surface area is 169 Å². The SMILES string of the molecule is CCC[C@H]1OC(=O)[C@H](C)[C@@H](O)[C@H](C)C(=O)C(C)C[C@@H](C)C(=O)[C@H](C)[C@@H](O)[C@H]1C. The van der Waals surface area contributed by atoms with Gasteiger partial charge in [0, 0.05) is 29.6 Å². The van der Waals surface area contributed by atoms with Crippen LogP contribution in [-0.4, -0.2) is 46.1 Å². The van der Waals surface area contributed by atoms with Crippen LogP contribution in [0.5, 0.6) is 0 Å². The smallest absolute Gasteiger partial charge is 0.311 e. The lowest BCUT2D eigenvalue weighted by atomic mass is 9.77. The molecule has 2 N–H and O–H groups in total. The van der Waals surface area contributed by atoms with Gasteiger partial charge < -0.3 is 14.9 Å². The average molecular weight is 399 g/mol. The molecule has 1 unspecified atom stereocenters. The third-order valence-electron chi connectivity index (χ3n) is 6.45. The molecule has 6 nitrogen and oxygen atoms in total. The molecule has 0 bridgehead atoms. The van der Waals surface area contributed by atoms with Crippen LogP contribution in [0.4, 0.5) is 0 Å². The van der Waals surface area contributed by atoms with E-state index in [9.17, 15) is 24.6 Å². The number of ketones is 2. The topological polar surface area (TPSA) is 101 Å². The number of carbonyl (C=O) groups is 3. The van der Waals surface area contributed by atoms with Crippen LogP contribution in [0.2, 0.25) is 0 Å². The van der Waals surface area contributed by atoms with E-state index in [0.29, 0.717) is 12.8 Å². The summed E-state index contributed by atoms with van der Waals surface area (Å²) >= 11 is 0. The van der Waals surface area contributed by atoms with Crippen LogP contribution in [0.15, 0.2) is 0 Å². The predicted octanol–water partition coefficient (Wildman–Crippen LogP) is 2.78. The summed E-state index contributed by atoms with van der Waals surface area (Å²) in [5.74, 6) is -4.27.